The average Bonchev–Trinajstić information content (AvgIpc) is 3.03. The Morgan fingerprint density at radius 3 is 2.48 bits per heavy atom. The zero-order valence-electron chi connectivity index (χ0n) is 16.5. The molecule has 0 aliphatic rings. The van der Waals surface area contributed by atoms with Crippen molar-refractivity contribution < 1.29 is 0 Å². The second-order valence-corrected chi connectivity index (χ2v) is 8.95. The van der Waals surface area contributed by atoms with Crippen molar-refractivity contribution in [3.63, 3.8) is 0 Å². The lowest BCUT2D eigenvalue weighted by atomic mass is 10.1. The van der Waals surface area contributed by atoms with Gasteiger partial charge in [-0.05, 0) is 52.0 Å². The molecule has 8 nitrogen and oxygen atoms in total. The number of aryl methyl sites for hydroxylation is 1. The smallest absolute Gasteiger partial charge is 0.253 e. The first-order valence-electron chi connectivity index (χ1n) is 9.05. The highest BCUT2D eigenvalue weighted by molar-refractivity contribution is 7.18. The quantitative estimate of drug-likeness (QED) is 0.429. The first-order valence-corrected chi connectivity index (χ1v) is 9.87. The van der Waals surface area contributed by atoms with E-state index in [0.29, 0.717) is 11.8 Å². The van der Waals surface area contributed by atoms with E-state index in [1.165, 1.54) is 0 Å². The van der Waals surface area contributed by atoms with Gasteiger partial charge in [-0.15, -0.1) is 11.3 Å². The van der Waals surface area contributed by atoms with Gasteiger partial charge in [0, 0.05) is 17.4 Å². The largest absolute Gasteiger partial charge is 0.375 e. The number of rotatable bonds is 5. The van der Waals surface area contributed by atoms with Crippen LogP contribution in [0, 0.1) is 6.92 Å². The zero-order valence-corrected chi connectivity index (χ0v) is 17.3. The third-order valence-electron chi connectivity index (χ3n) is 4.07. The minimum atomic E-state index is -0.559. The van der Waals surface area contributed by atoms with Crippen molar-refractivity contribution in [3.8, 4) is 0 Å². The molecule has 0 aliphatic heterocycles. The van der Waals surface area contributed by atoms with Gasteiger partial charge in [-0.2, -0.15) is 4.98 Å². The second-order valence-electron chi connectivity index (χ2n) is 7.71. The molecule has 148 valence electrons. The molecule has 0 bridgehead atoms. The van der Waals surface area contributed by atoms with E-state index in [4.69, 9.17) is 0 Å². The molecule has 2 heterocycles. The van der Waals surface area contributed by atoms with Gasteiger partial charge in [0.05, 0.1) is 15.2 Å². The summed E-state index contributed by atoms with van der Waals surface area (Å²) in [7, 11) is 0. The Morgan fingerprint density at radius 2 is 1.72 bits per heavy atom. The van der Waals surface area contributed by atoms with Crippen molar-refractivity contribution in [2.24, 2.45) is 0 Å². The number of anilines is 5. The van der Waals surface area contributed by atoms with Gasteiger partial charge in [0.2, 0.25) is 5.95 Å². The zero-order chi connectivity index (χ0) is 20.8. The molecule has 0 aliphatic carbocycles. The van der Waals surface area contributed by atoms with Crippen LogP contribution in [0.3, 0.4) is 0 Å². The maximum Gasteiger partial charge on any atom is 0.253 e. The third-order valence-corrected chi connectivity index (χ3v) is 5.00. The summed E-state index contributed by atoms with van der Waals surface area (Å²) in [5, 5.41) is 10.2. The summed E-state index contributed by atoms with van der Waals surface area (Å²) in [5.41, 5.74) is 0.859. The lowest BCUT2D eigenvalue weighted by Gasteiger charge is -2.24. The van der Waals surface area contributed by atoms with E-state index in [9.17, 15) is 9.59 Å². The van der Waals surface area contributed by atoms with Crippen LogP contribution in [-0.4, -0.2) is 20.5 Å². The van der Waals surface area contributed by atoms with E-state index in [2.05, 4.69) is 30.9 Å². The summed E-state index contributed by atoms with van der Waals surface area (Å²) in [4.78, 5) is 37.0. The Hall–Kier alpha value is -3.33. The number of thiazole rings is 1. The van der Waals surface area contributed by atoms with Crippen LogP contribution in [0.1, 0.15) is 25.8 Å². The monoisotopic (exact) mass is 408 g/mol. The molecule has 0 saturated heterocycles. The van der Waals surface area contributed by atoms with Crippen LogP contribution in [0.25, 0.3) is 10.2 Å². The average molecular weight is 408 g/mol. The minimum absolute atomic E-state index is 0.219. The molecule has 2 aromatic heterocycles. The summed E-state index contributed by atoms with van der Waals surface area (Å²) in [5.74, 6) is 0.792. The number of hydrogen-bond acceptors (Lipinski definition) is 9. The Kier molecular flexibility index (Phi) is 4.54. The molecular weight excluding hydrogens is 388 g/mol. The molecule has 29 heavy (non-hydrogen) atoms. The van der Waals surface area contributed by atoms with Crippen LogP contribution < -0.4 is 26.8 Å². The fraction of sp³-hybridized carbons (Fsp3) is 0.250. The Balaban J connectivity index is 1.56. The topological polar surface area (TPSA) is 109 Å². The SMILES string of the molecule is Cc1nc2ccc(Nc3nccc(Nc4c(NC(C)(C)C)c(=O)c4=O)n3)cc2s1. The van der Waals surface area contributed by atoms with Gasteiger partial charge in [-0.25, -0.2) is 9.97 Å². The van der Waals surface area contributed by atoms with Crippen molar-refractivity contribution in [2.45, 2.75) is 33.2 Å². The summed E-state index contributed by atoms with van der Waals surface area (Å²) in [6.07, 6.45) is 1.58. The van der Waals surface area contributed by atoms with E-state index in [0.717, 1.165) is 20.9 Å². The summed E-state index contributed by atoms with van der Waals surface area (Å²) < 4.78 is 1.07. The van der Waals surface area contributed by atoms with Crippen LogP contribution in [-0.2, 0) is 0 Å². The molecule has 0 atom stereocenters. The molecule has 0 amide bonds. The molecule has 0 unspecified atom stereocenters. The van der Waals surface area contributed by atoms with Crippen molar-refractivity contribution in [1.82, 2.24) is 15.0 Å². The summed E-state index contributed by atoms with van der Waals surface area (Å²) in [6.45, 7) is 7.73. The molecule has 4 aromatic rings. The van der Waals surface area contributed by atoms with Gasteiger partial charge in [-0.3, -0.25) is 9.59 Å². The van der Waals surface area contributed by atoms with Gasteiger partial charge >= 0.3 is 0 Å². The maximum atomic E-state index is 12.0. The molecule has 4 rings (SSSR count). The normalized spacial score (nSPS) is 11.7. The second kappa shape index (κ2) is 6.93. The predicted octanol–water partition coefficient (Wildman–Crippen LogP) is 3.69. The van der Waals surface area contributed by atoms with E-state index >= 15 is 0 Å². The number of hydrogen-bond donors (Lipinski definition) is 3. The van der Waals surface area contributed by atoms with Crippen LogP contribution in [0.5, 0.6) is 0 Å². The minimum Gasteiger partial charge on any atom is -0.375 e. The Bertz CT molecular complexity index is 1280. The van der Waals surface area contributed by atoms with Crippen molar-refractivity contribution in [1.29, 1.82) is 0 Å². The lowest BCUT2D eigenvalue weighted by molar-refractivity contribution is 0.632. The van der Waals surface area contributed by atoms with E-state index in [1.807, 2.05) is 45.9 Å². The summed E-state index contributed by atoms with van der Waals surface area (Å²) in [6, 6.07) is 7.48. The molecule has 3 N–H and O–H groups in total. The highest BCUT2D eigenvalue weighted by Gasteiger charge is 2.25. The summed E-state index contributed by atoms with van der Waals surface area (Å²) >= 11 is 1.62. The Morgan fingerprint density at radius 1 is 0.966 bits per heavy atom. The number of benzene rings is 1. The van der Waals surface area contributed by atoms with E-state index < -0.39 is 10.9 Å². The first kappa shape index (κ1) is 19.0. The van der Waals surface area contributed by atoms with Gasteiger partial charge in [0.1, 0.15) is 17.2 Å². The van der Waals surface area contributed by atoms with Crippen LogP contribution in [0.4, 0.5) is 28.8 Å². The molecule has 9 heteroatoms. The highest BCUT2D eigenvalue weighted by Crippen LogP contribution is 2.27. The van der Waals surface area contributed by atoms with Gasteiger partial charge in [0.15, 0.2) is 0 Å². The van der Waals surface area contributed by atoms with Gasteiger partial charge < -0.3 is 16.0 Å². The first-order chi connectivity index (χ1) is 13.7. The van der Waals surface area contributed by atoms with E-state index in [-0.39, 0.29) is 16.9 Å². The van der Waals surface area contributed by atoms with Crippen LogP contribution in [0.2, 0.25) is 0 Å². The number of aromatic nitrogens is 3. The standard InChI is InChI=1S/C20H20N6O2S/c1-10-22-12-6-5-11(9-13(12)29-10)23-19-21-8-7-14(25-19)24-15-16(18(28)17(15)27)26-20(2,3)4/h5-9,26H,1-4H3,(H2,21,23,24,25). The van der Waals surface area contributed by atoms with Gasteiger partial charge in [-0.1, -0.05) is 0 Å². The molecular formula is C20H20N6O2S. The predicted molar refractivity (Wildman–Crippen MR) is 118 cm³/mol. The highest BCUT2D eigenvalue weighted by atomic mass is 32.1. The van der Waals surface area contributed by atoms with Crippen molar-refractivity contribution in [3.05, 3.63) is 55.9 Å². The molecule has 0 fully saturated rings. The maximum absolute atomic E-state index is 12.0. The van der Waals surface area contributed by atoms with Crippen LogP contribution >= 0.6 is 11.3 Å². The molecule has 2 aromatic carbocycles. The molecule has 0 spiro atoms. The number of fused-ring (bicyclic) bond motifs is 1. The fourth-order valence-electron chi connectivity index (χ4n) is 2.87. The molecule has 0 saturated carbocycles. The van der Waals surface area contributed by atoms with Crippen LogP contribution in [0.15, 0.2) is 40.1 Å². The third kappa shape index (κ3) is 3.95. The fourth-order valence-corrected chi connectivity index (χ4v) is 3.73. The van der Waals surface area contributed by atoms with E-state index in [1.54, 1.807) is 23.6 Å². The molecule has 0 radical (unpaired) electrons. The van der Waals surface area contributed by atoms with Crippen molar-refractivity contribution in [2.75, 3.05) is 16.0 Å². The number of nitrogens with zero attached hydrogens (tertiary/aromatic N) is 3. The lowest BCUT2D eigenvalue weighted by Crippen LogP contribution is -2.41. The van der Waals surface area contributed by atoms with Gasteiger partial charge in [0.25, 0.3) is 10.9 Å². The van der Waals surface area contributed by atoms with Crippen molar-refractivity contribution >= 4 is 50.4 Å². The number of nitrogens with one attached hydrogen (secondary N) is 3. The Labute approximate surface area is 170 Å².